The van der Waals surface area contributed by atoms with Gasteiger partial charge in [0.25, 0.3) is 0 Å². The van der Waals surface area contributed by atoms with Gasteiger partial charge in [-0.15, -0.1) is 5.10 Å². The van der Waals surface area contributed by atoms with Crippen molar-refractivity contribution in [3.8, 4) is 0 Å². The molecule has 7 nitrogen and oxygen atoms in total. The lowest BCUT2D eigenvalue weighted by Gasteiger charge is -2.31. The number of fused-ring (bicyclic) bond motifs is 1. The molecule has 0 aliphatic carbocycles. The van der Waals surface area contributed by atoms with E-state index in [-0.39, 0.29) is 11.2 Å². The maximum atomic E-state index is 14.0. The molecule has 0 radical (unpaired) electrons. The predicted molar refractivity (Wildman–Crippen MR) is 110 cm³/mol. The van der Waals surface area contributed by atoms with Crippen molar-refractivity contribution in [2.24, 2.45) is 0 Å². The van der Waals surface area contributed by atoms with Crippen LogP contribution < -0.4 is 15.7 Å². The van der Waals surface area contributed by atoms with E-state index in [2.05, 4.69) is 20.3 Å². The molecule has 3 aromatic rings. The van der Waals surface area contributed by atoms with Crippen molar-refractivity contribution >= 4 is 23.5 Å². The van der Waals surface area contributed by atoms with Gasteiger partial charge in [0.15, 0.2) is 22.9 Å². The molecular formula is C21H21F2N7. The Morgan fingerprint density at radius 1 is 1.20 bits per heavy atom. The molecule has 3 heterocycles. The topological polar surface area (TPSA) is 93.7 Å². The summed E-state index contributed by atoms with van der Waals surface area (Å²) in [5, 5.41) is 22.9. The number of halogens is 2. The first kappa shape index (κ1) is 19.7. The van der Waals surface area contributed by atoms with Crippen LogP contribution in [-0.4, -0.2) is 27.6 Å². The average molecular weight is 409 g/mol. The highest BCUT2D eigenvalue weighted by atomic mass is 19.2. The molecule has 0 saturated heterocycles. The van der Waals surface area contributed by atoms with Crippen LogP contribution in [0.15, 0.2) is 30.5 Å². The lowest BCUT2D eigenvalue weighted by Crippen LogP contribution is -2.36. The minimum absolute atomic E-state index is 0.0515. The predicted octanol–water partition coefficient (Wildman–Crippen LogP) is 3.41. The number of hydrogen-bond acceptors (Lipinski definition) is 6. The van der Waals surface area contributed by atoms with Crippen LogP contribution in [0, 0.1) is 36.3 Å². The number of benzene rings is 1. The Morgan fingerprint density at radius 3 is 2.77 bits per heavy atom. The summed E-state index contributed by atoms with van der Waals surface area (Å²) in [6.45, 7) is 5.00. The van der Waals surface area contributed by atoms with E-state index in [0.717, 1.165) is 34.8 Å². The molecule has 9 heteroatoms. The molecule has 0 amide bonds. The Labute approximate surface area is 172 Å². The van der Waals surface area contributed by atoms with Gasteiger partial charge >= 0.3 is 0 Å². The lowest BCUT2D eigenvalue weighted by molar-refractivity contribution is 0.512. The Morgan fingerprint density at radius 2 is 2.00 bits per heavy atom. The Kier molecular flexibility index (Phi) is 5.03. The second kappa shape index (κ2) is 7.66. The van der Waals surface area contributed by atoms with Gasteiger partial charge in [-0.3, -0.25) is 15.8 Å². The van der Waals surface area contributed by atoms with Crippen molar-refractivity contribution in [1.29, 1.82) is 10.8 Å². The summed E-state index contributed by atoms with van der Waals surface area (Å²) in [6, 6.07) is 5.87. The maximum Gasteiger partial charge on any atom is 0.182 e. The van der Waals surface area contributed by atoms with Crippen molar-refractivity contribution in [2.45, 2.75) is 26.8 Å². The molecule has 4 rings (SSSR count). The van der Waals surface area contributed by atoms with Crippen LogP contribution in [0.5, 0.6) is 0 Å². The molecule has 0 spiro atoms. The zero-order chi connectivity index (χ0) is 21.4. The first-order valence-corrected chi connectivity index (χ1v) is 9.48. The molecule has 0 atom stereocenters. The summed E-state index contributed by atoms with van der Waals surface area (Å²) < 4.78 is 28.7. The van der Waals surface area contributed by atoms with Crippen LogP contribution in [0.25, 0.3) is 0 Å². The highest BCUT2D eigenvalue weighted by Crippen LogP contribution is 2.28. The molecule has 1 aliphatic rings. The SMILES string of the molecule is Cc1c(N2CCc3ncc(Nc4cccc(F)c4F)cc3C2)nn(C=N)c(=N)c1C. The molecule has 0 unspecified atom stereocenters. The molecule has 154 valence electrons. The van der Waals surface area contributed by atoms with E-state index in [1.54, 1.807) is 6.20 Å². The van der Waals surface area contributed by atoms with Crippen LogP contribution in [0.4, 0.5) is 26.0 Å². The standard InChI is InChI=1S/C21H21F2N7/c1-12-13(2)21(28-30(11-24)20(12)25)29-7-6-17-14(10-29)8-15(9-26-17)27-18-5-3-4-16(22)19(18)23/h3-5,8-9,11,24-25,27H,6-7,10H2,1-2H3. The highest BCUT2D eigenvalue weighted by molar-refractivity contribution is 5.62. The van der Waals surface area contributed by atoms with Crippen molar-refractivity contribution in [3.05, 3.63) is 70.0 Å². The van der Waals surface area contributed by atoms with E-state index in [9.17, 15) is 8.78 Å². The quantitative estimate of drug-likeness (QED) is 0.455. The minimum atomic E-state index is -0.932. The van der Waals surface area contributed by atoms with E-state index < -0.39 is 11.6 Å². The van der Waals surface area contributed by atoms with E-state index >= 15 is 0 Å². The van der Waals surface area contributed by atoms with Crippen LogP contribution in [0.3, 0.4) is 0 Å². The van der Waals surface area contributed by atoms with Crippen LogP contribution >= 0.6 is 0 Å². The van der Waals surface area contributed by atoms with Gasteiger partial charge in [0.2, 0.25) is 0 Å². The summed E-state index contributed by atoms with van der Waals surface area (Å²) in [5.41, 5.74) is 4.37. The number of hydrogen-bond donors (Lipinski definition) is 3. The summed E-state index contributed by atoms with van der Waals surface area (Å²) in [7, 11) is 0. The van der Waals surface area contributed by atoms with Crippen molar-refractivity contribution in [1.82, 2.24) is 14.8 Å². The van der Waals surface area contributed by atoms with Gasteiger partial charge in [-0.2, -0.15) is 0 Å². The summed E-state index contributed by atoms with van der Waals surface area (Å²) >= 11 is 0. The molecule has 30 heavy (non-hydrogen) atoms. The van der Waals surface area contributed by atoms with Gasteiger partial charge in [-0.1, -0.05) is 6.07 Å². The largest absolute Gasteiger partial charge is 0.352 e. The summed E-state index contributed by atoms with van der Waals surface area (Å²) in [4.78, 5) is 6.57. The second-order valence-electron chi connectivity index (χ2n) is 7.22. The van der Waals surface area contributed by atoms with E-state index in [1.807, 2.05) is 19.9 Å². The molecule has 0 fully saturated rings. The molecule has 1 aliphatic heterocycles. The van der Waals surface area contributed by atoms with Gasteiger partial charge in [0.05, 0.1) is 17.6 Å². The minimum Gasteiger partial charge on any atom is -0.352 e. The Balaban J connectivity index is 1.65. The van der Waals surface area contributed by atoms with Crippen molar-refractivity contribution in [3.63, 3.8) is 0 Å². The van der Waals surface area contributed by atoms with Crippen LogP contribution in [-0.2, 0) is 13.0 Å². The first-order chi connectivity index (χ1) is 14.4. The first-order valence-electron chi connectivity index (χ1n) is 9.48. The van der Waals surface area contributed by atoms with E-state index in [1.165, 1.54) is 16.8 Å². The van der Waals surface area contributed by atoms with Gasteiger partial charge < -0.3 is 10.2 Å². The Hall–Kier alpha value is -3.62. The van der Waals surface area contributed by atoms with Gasteiger partial charge in [-0.25, -0.2) is 13.5 Å². The number of nitrogens with zero attached hydrogens (tertiary/aromatic N) is 4. The highest BCUT2D eigenvalue weighted by Gasteiger charge is 2.22. The average Bonchev–Trinajstić information content (AvgIpc) is 2.75. The van der Waals surface area contributed by atoms with Crippen molar-refractivity contribution in [2.75, 3.05) is 16.8 Å². The van der Waals surface area contributed by atoms with Crippen molar-refractivity contribution < 1.29 is 8.78 Å². The zero-order valence-electron chi connectivity index (χ0n) is 16.6. The molecular weight excluding hydrogens is 388 g/mol. The van der Waals surface area contributed by atoms with Gasteiger partial charge in [0, 0.05) is 30.8 Å². The zero-order valence-corrected chi connectivity index (χ0v) is 16.6. The monoisotopic (exact) mass is 409 g/mol. The van der Waals surface area contributed by atoms with Gasteiger partial charge in [-0.05, 0) is 43.2 Å². The van der Waals surface area contributed by atoms with E-state index in [0.29, 0.717) is 31.0 Å². The molecule has 2 aromatic heterocycles. The third-order valence-corrected chi connectivity index (χ3v) is 5.38. The molecule has 1 aromatic carbocycles. The number of anilines is 3. The normalized spacial score (nSPS) is 13.1. The number of aromatic nitrogens is 3. The molecule has 0 saturated carbocycles. The Bertz CT molecular complexity index is 1200. The molecule has 0 bridgehead atoms. The third kappa shape index (κ3) is 3.42. The fourth-order valence-electron chi connectivity index (χ4n) is 3.57. The lowest BCUT2D eigenvalue weighted by atomic mass is 10.0. The fraction of sp³-hybridized carbons (Fsp3) is 0.238. The number of rotatable bonds is 4. The van der Waals surface area contributed by atoms with Crippen LogP contribution in [0.1, 0.15) is 22.4 Å². The van der Waals surface area contributed by atoms with Crippen LogP contribution in [0.2, 0.25) is 0 Å². The molecule has 3 N–H and O–H groups in total. The van der Waals surface area contributed by atoms with E-state index in [4.69, 9.17) is 10.8 Å². The maximum absolute atomic E-state index is 14.0. The summed E-state index contributed by atoms with van der Waals surface area (Å²) in [5.74, 6) is -1.13. The fourth-order valence-corrected chi connectivity index (χ4v) is 3.57. The number of pyridine rings is 1. The number of nitrogens with one attached hydrogen (secondary N) is 3. The smallest absolute Gasteiger partial charge is 0.182 e. The third-order valence-electron chi connectivity index (χ3n) is 5.38. The van der Waals surface area contributed by atoms with Gasteiger partial charge in [0.1, 0.15) is 6.34 Å². The summed E-state index contributed by atoms with van der Waals surface area (Å²) in [6.07, 6.45) is 3.34. The second-order valence-corrected chi connectivity index (χ2v) is 7.22.